The van der Waals surface area contributed by atoms with Gasteiger partial charge in [-0.1, -0.05) is 0 Å². The van der Waals surface area contributed by atoms with Crippen LogP contribution in [0.2, 0.25) is 0 Å². The number of rotatable bonds is 5. The molecule has 0 amide bonds. The van der Waals surface area contributed by atoms with Crippen LogP contribution in [-0.2, 0) is 0 Å². The van der Waals surface area contributed by atoms with Crippen LogP contribution in [-0.4, -0.2) is 31.1 Å². The lowest BCUT2D eigenvalue weighted by Crippen LogP contribution is -2.26. The third kappa shape index (κ3) is 3.18. The number of halogens is 1. The van der Waals surface area contributed by atoms with Gasteiger partial charge in [0.15, 0.2) is 0 Å². The highest BCUT2D eigenvalue weighted by molar-refractivity contribution is 5.42. The van der Waals surface area contributed by atoms with Crippen LogP contribution in [0.1, 0.15) is 18.4 Å². The topological polar surface area (TPSA) is 36.3 Å². The van der Waals surface area contributed by atoms with Crippen molar-refractivity contribution < 1.29 is 9.13 Å². The Morgan fingerprint density at radius 3 is 2.94 bits per heavy atom. The van der Waals surface area contributed by atoms with E-state index in [9.17, 15) is 4.39 Å². The Morgan fingerprint density at radius 1 is 1.53 bits per heavy atom. The Labute approximate surface area is 100 Å². The molecule has 0 aromatic heterocycles. The van der Waals surface area contributed by atoms with Crippen LogP contribution in [0.5, 0.6) is 5.75 Å². The molecule has 0 unspecified atom stereocenters. The van der Waals surface area contributed by atoms with Gasteiger partial charge in [-0.15, -0.1) is 0 Å². The van der Waals surface area contributed by atoms with Crippen molar-refractivity contribution in [2.45, 2.75) is 18.9 Å². The first-order valence-corrected chi connectivity index (χ1v) is 5.73. The summed E-state index contributed by atoms with van der Waals surface area (Å²) in [5.74, 6) is 0.0436. The quantitative estimate of drug-likeness (QED) is 0.783. The highest BCUT2D eigenvalue weighted by Gasteiger charge is 2.25. The Kier molecular flexibility index (Phi) is 3.60. The van der Waals surface area contributed by atoms with E-state index in [1.165, 1.54) is 31.0 Å². The molecule has 1 aromatic carbocycles. The van der Waals surface area contributed by atoms with Crippen LogP contribution < -0.4 is 4.74 Å². The maximum atomic E-state index is 12.9. The zero-order valence-electron chi connectivity index (χ0n) is 9.82. The minimum atomic E-state index is -0.413. The second-order valence-electron chi connectivity index (χ2n) is 4.31. The second-order valence-corrected chi connectivity index (χ2v) is 4.31. The van der Waals surface area contributed by atoms with E-state index < -0.39 is 5.82 Å². The van der Waals surface area contributed by atoms with Gasteiger partial charge in [-0.2, -0.15) is 5.26 Å². The summed E-state index contributed by atoms with van der Waals surface area (Å²) in [6, 6.07) is 6.63. The van der Waals surface area contributed by atoms with Crippen molar-refractivity contribution in [3.8, 4) is 11.8 Å². The van der Waals surface area contributed by atoms with E-state index in [4.69, 9.17) is 10.00 Å². The molecule has 3 nitrogen and oxygen atoms in total. The first kappa shape index (κ1) is 11.9. The molecule has 0 spiro atoms. The van der Waals surface area contributed by atoms with Gasteiger partial charge in [0.1, 0.15) is 24.2 Å². The fourth-order valence-corrected chi connectivity index (χ4v) is 1.71. The first-order chi connectivity index (χ1) is 8.20. The maximum absolute atomic E-state index is 12.9. The summed E-state index contributed by atoms with van der Waals surface area (Å²) in [5.41, 5.74) is 0.249. The molecule has 2 rings (SSSR count). The number of hydrogen-bond donors (Lipinski definition) is 0. The van der Waals surface area contributed by atoms with Crippen molar-refractivity contribution in [2.75, 3.05) is 20.2 Å². The van der Waals surface area contributed by atoms with Crippen LogP contribution in [0.25, 0.3) is 0 Å². The summed E-state index contributed by atoms with van der Waals surface area (Å²) in [5, 5.41) is 8.84. The second kappa shape index (κ2) is 5.15. The van der Waals surface area contributed by atoms with Gasteiger partial charge < -0.3 is 9.64 Å². The molecule has 4 heteroatoms. The standard InChI is InChI=1S/C13H15FN2O/c1-16(12-3-4-12)6-7-17-13-5-2-11(14)8-10(13)9-15/h2,5,8,12H,3-4,6-7H2,1H3. The number of hydrogen-bond acceptors (Lipinski definition) is 3. The molecule has 1 fully saturated rings. The summed E-state index contributed by atoms with van der Waals surface area (Å²) in [4.78, 5) is 2.25. The molecule has 0 atom stereocenters. The van der Waals surface area contributed by atoms with E-state index >= 15 is 0 Å². The van der Waals surface area contributed by atoms with Crippen LogP contribution in [0, 0.1) is 17.1 Å². The average molecular weight is 234 g/mol. The Balaban J connectivity index is 1.87. The zero-order valence-corrected chi connectivity index (χ0v) is 9.82. The van der Waals surface area contributed by atoms with Gasteiger partial charge in [-0.3, -0.25) is 0 Å². The van der Waals surface area contributed by atoms with Gasteiger partial charge in [0.05, 0.1) is 5.56 Å². The molecule has 0 radical (unpaired) electrons. The molecule has 1 aliphatic rings. The molecule has 0 bridgehead atoms. The number of ether oxygens (including phenoxy) is 1. The summed E-state index contributed by atoms with van der Waals surface area (Å²) < 4.78 is 18.4. The molecular weight excluding hydrogens is 219 g/mol. The molecule has 1 aromatic rings. The third-order valence-electron chi connectivity index (χ3n) is 2.93. The molecule has 1 aliphatic carbocycles. The minimum Gasteiger partial charge on any atom is -0.491 e. The van der Waals surface area contributed by atoms with Crippen LogP contribution in [0.3, 0.4) is 0 Å². The third-order valence-corrected chi connectivity index (χ3v) is 2.93. The lowest BCUT2D eigenvalue weighted by atomic mass is 10.2. The smallest absolute Gasteiger partial charge is 0.137 e. The van der Waals surface area contributed by atoms with E-state index in [-0.39, 0.29) is 5.56 Å². The fraction of sp³-hybridized carbons (Fsp3) is 0.462. The fourth-order valence-electron chi connectivity index (χ4n) is 1.71. The molecule has 0 heterocycles. The van der Waals surface area contributed by atoms with E-state index in [0.29, 0.717) is 18.4 Å². The summed E-state index contributed by atoms with van der Waals surface area (Å²) in [6.45, 7) is 1.35. The number of nitrogens with zero attached hydrogens (tertiary/aromatic N) is 2. The lowest BCUT2D eigenvalue weighted by Gasteiger charge is -2.16. The molecule has 0 N–H and O–H groups in total. The summed E-state index contributed by atoms with van der Waals surface area (Å²) >= 11 is 0. The largest absolute Gasteiger partial charge is 0.491 e. The van der Waals surface area contributed by atoms with Crippen LogP contribution >= 0.6 is 0 Å². The maximum Gasteiger partial charge on any atom is 0.137 e. The molecule has 17 heavy (non-hydrogen) atoms. The van der Waals surface area contributed by atoms with Crippen LogP contribution in [0.4, 0.5) is 4.39 Å². The van der Waals surface area contributed by atoms with E-state index in [2.05, 4.69) is 11.9 Å². The summed E-state index contributed by atoms with van der Waals surface area (Å²) in [6.07, 6.45) is 2.52. The predicted octanol–water partition coefficient (Wildman–Crippen LogP) is 2.17. The van der Waals surface area contributed by atoms with E-state index in [0.717, 1.165) is 6.54 Å². The summed E-state index contributed by atoms with van der Waals surface area (Å²) in [7, 11) is 2.07. The minimum absolute atomic E-state index is 0.249. The Bertz CT molecular complexity index is 438. The number of nitriles is 1. The van der Waals surface area contributed by atoms with E-state index in [1.54, 1.807) is 0 Å². The van der Waals surface area contributed by atoms with Gasteiger partial charge >= 0.3 is 0 Å². The van der Waals surface area contributed by atoms with Gasteiger partial charge in [0, 0.05) is 12.6 Å². The monoisotopic (exact) mass is 234 g/mol. The van der Waals surface area contributed by atoms with Crippen molar-refractivity contribution in [3.63, 3.8) is 0 Å². The normalized spacial score (nSPS) is 14.7. The van der Waals surface area contributed by atoms with Gasteiger partial charge in [-0.05, 0) is 38.1 Å². The molecule has 1 saturated carbocycles. The highest BCUT2D eigenvalue weighted by Crippen LogP contribution is 2.25. The number of likely N-dealkylation sites (N-methyl/N-ethyl adjacent to an activating group) is 1. The average Bonchev–Trinajstić information content (AvgIpc) is 3.14. The van der Waals surface area contributed by atoms with Crippen molar-refractivity contribution in [1.29, 1.82) is 5.26 Å². The molecule has 90 valence electrons. The Hall–Kier alpha value is -1.60. The van der Waals surface area contributed by atoms with Gasteiger partial charge in [0.2, 0.25) is 0 Å². The highest BCUT2D eigenvalue weighted by atomic mass is 19.1. The first-order valence-electron chi connectivity index (χ1n) is 5.73. The van der Waals surface area contributed by atoms with Crippen molar-refractivity contribution in [2.24, 2.45) is 0 Å². The van der Waals surface area contributed by atoms with E-state index in [1.807, 2.05) is 6.07 Å². The van der Waals surface area contributed by atoms with Gasteiger partial charge in [0.25, 0.3) is 0 Å². The SMILES string of the molecule is CN(CCOc1ccc(F)cc1C#N)C1CC1. The van der Waals surface area contributed by atoms with Crippen molar-refractivity contribution in [3.05, 3.63) is 29.6 Å². The van der Waals surface area contributed by atoms with Crippen molar-refractivity contribution in [1.82, 2.24) is 4.90 Å². The molecule has 0 aliphatic heterocycles. The molecule has 0 saturated heterocycles. The van der Waals surface area contributed by atoms with Gasteiger partial charge in [-0.25, -0.2) is 4.39 Å². The molecular formula is C13H15FN2O. The van der Waals surface area contributed by atoms with Crippen LogP contribution in [0.15, 0.2) is 18.2 Å². The predicted molar refractivity (Wildman–Crippen MR) is 62.3 cm³/mol. The Morgan fingerprint density at radius 2 is 2.29 bits per heavy atom. The lowest BCUT2D eigenvalue weighted by molar-refractivity contribution is 0.231. The number of benzene rings is 1. The zero-order chi connectivity index (χ0) is 12.3. The van der Waals surface area contributed by atoms with Crippen molar-refractivity contribution >= 4 is 0 Å².